The first-order valence-corrected chi connectivity index (χ1v) is 6.63. The van der Waals surface area contributed by atoms with Crippen molar-refractivity contribution in [3.63, 3.8) is 0 Å². The van der Waals surface area contributed by atoms with E-state index in [0.29, 0.717) is 0 Å². The Morgan fingerprint density at radius 2 is 0.696 bits per heavy atom. The molecule has 0 amide bonds. The molecule has 128 valence electrons. The first kappa shape index (κ1) is 43.8. The van der Waals surface area contributed by atoms with Crippen LogP contribution in [-0.4, -0.2) is 47.9 Å². The van der Waals surface area contributed by atoms with Crippen LogP contribution in [0.1, 0.15) is 41.5 Å². The minimum atomic E-state index is -1.18. The van der Waals surface area contributed by atoms with Crippen LogP contribution in [0.2, 0.25) is 0 Å². The Bertz CT molecular complexity index is 220. The van der Waals surface area contributed by atoms with Crippen molar-refractivity contribution in [1.29, 1.82) is 0 Å². The zero-order valence-corrected chi connectivity index (χ0v) is 18.5. The third-order valence-corrected chi connectivity index (χ3v) is 2.67. The molecule has 0 spiro atoms. The van der Waals surface area contributed by atoms with Crippen LogP contribution >= 0.6 is 8.60 Å². The number of rotatable bonds is 6. The van der Waals surface area contributed by atoms with Crippen molar-refractivity contribution < 1.29 is 49.2 Å². The summed E-state index contributed by atoms with van der Waals surface area (Å²) in [7, 11) is -1.18. The molecule has 0 heterocycles. The van der Waals surface area contributed by atoms with E-state index in [0.717, 1.165) is 0 Å². The van der Waals surface area contributed by atoms with Crippen LogP contribution in [0.15, 0.2) is 0 Å². The molecule has 23 heavy (non-hydrogen) atoms. The zero-order valence-electron chi connectivity index (χ0n) is 14.4. The van der Waals surface area contributed by atoms with Crippen LogP contribution < -0.4 is 0 Å². The van der Waals surface area contributed by atoms with Crippen molar-refractivity contribution in [1.82, 2.24) is 0 Å². The van der Waals surface area contributed by atoms with Gasteiger partial charge in [0, 0.05) is 46.6 Å². The summed E-state index contributed by atoms with van der Waals surface area (Å²) in [4.78, 5) is 0. The second-order valence-corrected chi connectivity index (χ2v) is 4.77. The van der Waals surface area contributed by atoms with Gasteiger partial charge in [-0.05, 0) is 41.5 Å². The van der Waals surface area contributed by atoms with Gasteiger partial charge in [-0.3, -0.25) is 0 Å². The largest absolute Gasteiger partial charge is 0 e. The quantitative estimate of drug-likeness (QED) is 0.297. The molecule has 0 aliphatic carbocycles. The summed E-state index contributed by atoms with van der Waals surface area (Å²) in [5.41, 5.74) is 0. The summed E-state index contributed by atoms with van der Waals surface area (Å²) in [6, 6.07) is 0. The van der Waals surface area contributed by atoms with E-state index < -0.39 is 8.60 Å². The summed E-state index contributed by atoms with van der Waals surface area (Å²) < 4.78 is 46.5. The molecule has 0 fully saturated rings. The molecule has 0 bridgehead atoms. The topological polar surface area (TPSA) is 107 Å². The fraction of sp³-hybridized carbons (Fsp3) is 0.692. The first-order chi connectivity index (χ1) is 9.91. The zero-order chi connectivity index (χ0) is 18.4. The standard InChI is InChI=1S/C9H21O3P.4CO.Mn.Na/c1-7(2)10-13(11-8(3)4)12-9(5)6;4*1-2;;/h7-9H,1-6H3;;;;;;. The van der Waals surface area contributed by atoms with Gasteiger partial charge in [-0.1, -0.05) is 0 Å². The van der Waals surface area contributed by atoms with E-state index >= 15 is 0 Å². The van der Waals surface area contributed by atoms with Gasteiger partial charge in [0.1, 0.15) is 0 Å². The fourth-order valence-electron chi connectivity index (χ4n) is 0.591. The van der Waals surface area contributed by atoms with Crippen molar-refractivity contribution in [2.45, 2.75) is 59.9 Å². The molecule has 0 aromatic carbocycles. The van der Waals surface area contributed by atoms with Crippen molar-refractivity contribution >= 4 is 38.2 Å². The summed E-state index contributed by atoms with van der Waals surface area (Å²) >= 11 is 0. The normalized spacial score (nSPS) is 7.39. The second kappa shape index (κ2) is 43.4. The van der Waals surface area contributed by atoms with Crippen molar-refractivity contribution in [2.75, 3.05) is 0 Å². The average molecular weight is 398 g/mol. The Balaban J connectivity index is -0.0000000445. The van der Waals surface area contributed by atoms with E-state index in [9.17, 15) is 0 Å². The first-order valence-electron chi connectivity index (χ1n) is 5.54. The molecule has 0 aromatic heterocycles. The molecule has 0 saturated heterocycles. The van der Waals surface area contributed by atoms with E-state index in [1.54, 1.807) is 0 Å². The fourth-order valence-corrected chi connectivity index (χ4v) is 1.77. The van der Waals surface area contributed by atoms with Gasteiger partial charge in [-0.2, -0.15) is 0 Å². The predicted molar refractivity (Wildman–Crippen MR) is 77.1 cm³/mol. The molecular formula is C13H21MnNaO7P. The van der Waals surface area contributed by atoms with Gasteiger partial charge in [-0.25, -0.2) is 0 Å². The Morgan fingerprint density at radius 1 is 0.565 bits per heavy atom. The second-order valence-electron chi connectivity index (χ2n) is 3.69. The number of hydrogen-bond donors (Lipinski definition) is 0. The molecule has 0 atom stereocenters. The molecule has 0 saturated carbocycles. The van der Waals surface area contributed by atoms with Crippen LogP contribution in [-0.2, 0) is 49.2 Å². The van der Waals surface area contributed by atoms with Gasteiger partial charge in [-0.15, -0.1) is 0 Å². The van der Waals surface area contributed by atoms with Crippen LogP contribution in [0.25, 0.3) is 0 Å². The predicted octanol–water partition coefficient (Wildman–Crippen LogP) is 2.95. The maximum atomic E-state index is 7.50. The van der Waals surface area contributed by atoms with Crippen LogP contribution in [0.5, 0.6) is 0 Å². The number of hydrogen-bond acceptors (Lipinski definition) is 3. The molecule has 7 nitrogen and oxygen atoms in total. The van der Waals surface area contributed by atoms with E-state index in [4.69, 9.17) is 32.2 Å². The van der Waals surface area contributed by atoms with E-state index in [1.165, 1.54) is 0 Å². The monoisotopic (exact) mass is 398 g/mol. The van der Waals surface area contributed by atoms with E-state index in [1.807, 2.05) is 41.5 Å². The molecule has 2 radical (unpaired) electrons. The van der Waals surface area contributed by atoms with Crippen LogP contribution in [0.4, 0.5) is 0 Å². The van der Waals surface area contributed by atoms with Gasteiger partial charge >= 0.3 is 53.8 Å². The molecule has 0 aromatic rings. The molecule has 0 aliphatic heterocycles. The van der Waals surface area contributed by atoms with Gasteiger partial charge in [0.05, 0.1) is 18.3 Å². The third kappa shape index (κ3) is 60.2. The van der Waals surface area contributed by atoms with Crippen molar-refractivity contribution in [3.8, 4) is 0 Å². The molecule has 10 heteroatoms. The molecule has 0 unspecified atom stereocenters. The van der Waals surface area contributed by atoms with Gasteiger partial charge in [0.15, 0.2) is 0 Å². The van der Waals surface area contributed by atoms with Gasteiger partial charge in [0.2, 0.25) is 0 Å². The Labute approximate surface area is 173 Å². The summed E-state index contributed by atoms with van der Waals surface area (Å²) in [5.74, 6) is 0. The molecule has 0 N–H and O–H groups in total. The summed E-state index contributed by atoms with van der Waals surface area (Å²) in [5, 5.41) is 0. The van der Waals surface area contributed by atoms with Crippen LogP contribution in [0.3, 0.4) is 0 Å². The molecular weight excluding hydrogens is 377 g/mol. The average Bonchev–Trinajstić information content (AvgIpc) is 2.45. The van der Waals surface area contributed by atoms with E-state index in [2.05, 4.69) is 26.6 Å². The summed E-state index contributed by atoms with van der Waals surface area (Å²) in [6.45, 7) is 29.8. The van der Waals surface area contributed by atoms with Crippen molar-refractivity contribution in [3.05, 3.63) is 26.6 Å². The molecule has 0 rings (SSSR count). The smallest absolute Gasteiger partial charge is 0 e. The van der Waals surface area contributed by atoms with Gasteiger partial charge in [0.25, 0.3) is 0 Å². The third-order valence-electron chi connectivity index (χ3n) is 0.891. The minimum Gasteiger partial charge on any atom is 0 e. The maximum Gasteiger partial charge on any atom is 0 e. The van der Waals surface area contributed by atoms with Crippen molar-refractivity contribution in [2.24, 2.45) is 0 Å². The SMILES string of the molecule is CC(C)OP(OC(C)C)OC(C)C.[C-]#[O+].[C-]#[O+].[C-]#[O+].[C-]#[O+].[Mn].[Na]. The Morgan fingerprint density at radius 3 is 0.783 bits per heavy atom. The molecule has 0 aliphatic rings. The Hall–Kier alpha value is 0.789. The van der Waals surface area contributed by atoms with Gasteiger partial charge < -0.3 is 13.6 Å². The van der Waals surface area contributed by atoms with Crippen LogP contribution in [0, 0.1) is 26.6 Å². The maximum absolute atomic E-state index is 7.50. The van der Waals surface area contributed by atoms with E-state index in [-0.39, 0.29) is 64.9 Å². The Kier molecular flexibility index (Phi) is 82.7. The summed E-state index contributed by atoms with van der Waals surface area (Å²) in [6.07, 6.45) is 0.427. The minimum absolute atomic E-state index is 0.